The molecule has 0 saturated heterocycles. The zero-order valence-electron chi connectivity index (χ0n) is 15.4. The van der Waals surface area contributed by atoms with Gasteiger partial charge in [-0.1, -0.05) is 35.9 Å². The Morgan fingerprint density at radius 2 is 1.89 bits per heavy atom. The highest BCUT2D eigenvalue weighted by atomic mass is 35.5. The highest BCUT2D eigenvalue weighted by molar-refractivity contribution is 6.30. The quantitative estimate of drug-likeness (QED) is 0.722. The van der Waals surface area contributed by atoms with E-state index in [-0.39, 0.29) is 11.9 Å². The molecule has 2 aromatic carbocycles. The van der Waals surface area contributed by atoms with Gasteiger partial charge in [0.1, 0.15) is 11.5 Å². The van der Waals surface area contributed by atoms with Crippen LogP contribution in [-0.2, 0) is 13.1 Å². The van der Waals surface area contributed by atoms with Gasteiger partial charge in [0.2, 0.25) is 0 Å². The summed E-state index contributed by atoms with van der Waals surface area (Å²) in [4.78, 5) is 14.8. The van der Waals surface area contributed by atoms with Crippen molar-refractivity contribution in [3.05, 3.63) is 76.2 Å². The van der Waals surface area contributed by atoms with Crippen molar-refractivity contribution in [1.29, 1.82) is 0 Å². The van der Waals surface area contributed by atoms with Crippen molar-refractivity contribution in [2.45, 2.75) is 26.1 Å². The van der Waals surface area contributed by atoms with Crippen molar-refractivity contribution in [2.24, 2.45) is 5.73 Å². The van der Waals surface area contributed by atoms with Crippen molar-refractivity contribution < 1.29 is 9.18 Å². The van der Waals surface area contributed by atoms with Crippen LogP contribution in [0.1, 0.15) is 34.6 Å². The van der Waals surface area contributed by atoms with Gasteiger partial charge in [-0.15, -0.1) is 0 Å². The minimum Gasteiger partial charge on any atom is -0.331 e. The predicted molar refractivity (Wildman–Crippen MR) is 106 cm³/mol. The molecule has 0 saturated carbocycles. The molecule has 0 fully saturated rings. The molecule has 28 heavy (non-hydrogen) atoms. The number of rotatable bonds is 4. The molecule has 5 nitrogen and oxygen atoms in total. The van der Waals surface area contributed by atoms with Crippen LogP contribution >= 0.6 is 11.6 Å². The van der Waals surface area contributed by atoms with Crippen LogP contribution in [0.4, 0.5) is 4.39 Å². The average molecular weight is 399 g/mol. The first-order valence-corrected chi connectivity index (χ1v) is 9.46. The normalized spacial score (nSPS) is 16.4. The van der Waals surface area contributed by atoms with Gasteiger partial charge < -0.3 is 10.6 Å². The molecule has 4 rings (SSSR count). The number of carbonyl (C=O) groups is 1. The van der Waals surface area contributed by atoms with E-state index in [9.17, 15) is 9.18 Å². The molecule has 0 bridgehead atoms. The van der Waals surface area contributed by atoms with Gasteiger partial charge in [-0.3, -0.25) is 9.48 Å². The highest BCUT2D eigenvalue weighted by Gasteiger charge is 2.31. The molecule has 144 valence electrons. The minimum atomic E-state index is -0.458. The maximum Gasteiger partial charge on any atom is 0.272 e. The second kappa shape index (κ2) is 7.37. The molecule has 1 aliphatic rings. The summed E-state index contributed by atoms with van der Waals surface area (Å²) >= 11 is 5.83. The second-order valence-electron chi connectivity index (χ2n) is 7.04. The van der Waals surface area contributed by atoms with Gasteiger partial charge in [0.25, 0.3) is 5.91 Å². The number of nitrogens with zero attached hydrogens (tertiary/aromatic N) is 3. The Morgan fingerprint density at radius 1 is 1.18 bits per heavy atom. The van der Waals surface area contributed by atoms with Gasteiger partial charge in [-0.2, -0.15) is 5.10 Å². The molecule has 1 atom stereocenters. The summed E-state index contributed by atoms with van der Waals surface area (Å²) in [5.74, 6) is -0.575. The van der Waals surface area contributed by atoms with Crippen molar-refractivity contribution in [3.63, 3.8) is 0 Å². The van der Waals surface area contributed by atoms with Crippen LogP contribution in [0.25, 0.3) is 11.3 Å². The lowest BCUT2D eigenvalue weighted by Gasteiger charge is -2.31. The standard InChI is InChI=1S/C21H20ClFN4O/c1-13-11-26(12-15-4-2-14(10-24)3-5-15)21(28)20-9-19(25-27(13)20)17-7-6-16(22)8-18(17)23/h2-9,13H,10-12,24H2,1H3/t13-/m0/s1. The van der Waals surface area contributed by atoms with Crippen molar-refractivity contribution in [3.8, 4) is 11.3 Å². The number of fused-ring (bicyclic) bond motifs is 1. The molecule has 1 aromatic heterocycles. The molecule has 2 N–H and O–H groups in total. The van der Waals surface area contributed by atoms with Crippen LogP contribution in [0.5, 0.6) is 0 Å². The molecule has 1 aliphatic heterocycles. The van der Waals surface area contributed by atoms with E-state index in [1.54, 1.807) is 27.8 Å². The number of hydrogen-bond acceptors (Lipinski definition) is 3. The lowest BCUT2D eigenvalue weighted by atomic mass is 10.1. The number of nitrogens with two attached hydrogens (primary N) is 1. The summed E-state index contributed by atoms with van der Waals surface area (Å²) in [5, 5.41) is 4.80. The smallest absolute Gasteiger partial charge is 0.272 e. The first kappa shape index (κ1) is 18.7. The summed E-state index contributed by atoms with van der Waals surface area (Å²) < 4.78 is 16.0. The van der Waals surface area contributed by atoms with Crippen LogP contribution in [-0.4, -0.2) is 27.1 Å². The molecule has 0 unspecified atom stereocenters. The molecule has 7 heteroatoms. The van der Waals surface area contributed by atoms with Crippen LogP contribution in [0.3, 0.4) is 0 Å². The minimum absolute atomic E-state index is 0.0138. The third kappa shape index (κ3) is 3.41. The summed E-state index contributed by atoms with van der Waals surface area (Å²) in [7, 11) is 0. The summed E-state index contributed by atoms with van der Waals surface area (Å²) in [6.45, 7) is 3.52. The van der Waals surface area contributed by atoms with Crippen LogP contribution in [0, 0.1) is 5.82 Å². The number of hydrogen-bond donors (Lipinski definition) is 1. The Labute approximate surface area is 167 Å². The molecule has 2 heterocycles. The fourth-order valence-corrected chi connectivity index (χ4v) is 3.66. The second-order valence-corrected chi connectivity index (χ2v) is 7.48. The Hall–Kier alpha value is -2.70. The Bertz CT molecular complexity index is 1030. The van der Waals surface area contributed by atoms with Gasteiger partial charge in [0, 0.05) is 30.2 Å². The fourth-order valence-electron chi connectivity index (χ4n) is 3.50. The van der Waals surface area contributed by atoms with E-state index in [1.165, 1.54) is 6.07 Å². The van der Waals surface area contributed by atoms with E-state index >= 15 is 0 Å². The lowest BCUT2D eigenvalue weighted by molar-refractivity contribution is 0.0651. The summed E-state index contributed by atoms with van der Waals surface area (Å²) in [6, 6.07) is 14.0. The van der Waals surface area contributed by atoms with Gasteiger partial charge in [-0.05, 0) is 42.3 Å². The fraction of sp³-hybridized carbons (Fsp3) is 0.238. The van der Waals surface area contributed by atoms with Gasteiger partial charge >= 0.3 is 0 Å². The van der Waals surface area contributed by atoms with E-state index in [1.807, 2.05) is 31.2 Å². The van der Waals surface area contributed by atoms with Crippen molar-refractivity contribution in [2.75, 3.05) is 6.54 Å². The van der Waals surface area contributed by atoms with E-state index < -0.39 is 5.82 Å². The molecule has 0 spiro atoms. The van der Waals surface area contributed by atoms with Gasteiger partial charge in [0.05, 0.1) is 11.7 Å². The zero-order chi connectivity index (χ0) is 19.8. The molecule has 1 amide bonds. The Kier molecular flexibility index (Phi) is 4.91. The summed E-state index contributed by atoms with van der Waals surface area (Å²) in [5.41, 5.74) is 8.94. The number of benzene rings is 2. The Balaban J connectivity index is 1.62. The Morgan fingerprint density at radius 3 is 2.57 bits per heavy atom. The number of amides is 1. The highest BCUT2D eigenvalue weighted by Crippen LogP contribution is 2.29. The predicted octanol–water partition coefficient (Wildman–Crippen LogP) is 4.02. The van der Waals surface area contributed by atoms with Crippen molar-refractivity contribution >= 4 is 17.5 Å². The summed E-state index contributed by atoms with van der Waals surface area (Å²) in [6.07, 6.45) is 0. The van der Waals surface area contributed by atoms with Crippen LogP contribution in [0.15, 0.2) is 48.5 Å². The van der Waals surface area contributed by atoms with E-state index in [2.05, 4.69) is 5.10 Å². The van der Waals surface area contributed by atoms with E-state index in [4.69, 9.17) is 17.3 Å². The van der Waals surface area contributed by atoms with Gasteiger partial charge in [0.15, 0.2) is 0 Å². The third-order valence-electron chi connectivity index (χ3n) is 4.98. The average Bonchev–Trinajstić information content (AvgIpc) is 3.12. The molecular weight excluding hydrogens is 379 g/mol. The molecule has 0 aliphatic carbocycles. The first-order valence-electron chi connectivity index (χ1n) is 9.08. The monoisotopic (exact) mass is 398 g/mol. The largest absolute Gasteiger partial charge is 0.331 e. The zero-order valence-corrected chi connectivity index (χ0v) is 16.2. The molecule has 3 aromatic rings. The lowest BCUT2D eigenvalue weighted by Crippen LogP contribution is -2.41. The number of halogens is 2. The van der Waals surface area contributed by atoms with Gasteiger partial charge in [-0.25, -0.2) is 4.39 Å². The molecule has 0 radical (unpaired) electrons. The number of carbonyl (C=O) groups excluding carboxylic acids is 1. The maximum absolute atomic E-state index is 14.3. The maximum atomic E-state index is 14.3. The topological polar surface area (TPSA) is 64.2 Å². The van der Waals surface area contributed by atoms with Crippen molar-refractivity contribution in [1.82, 2.24) is 14.7 Å². The third-order valence-corrected chi connectivity index (χ3v) is 5.22. The SMILES string of the molecule is C[C@H]1CN(Cc2ccc(CN)cc2)C(=O)c2cc(-c3ccc(Cl)cc3F)nn21. The number of aromatic nitrogens is 2. The van der Waals surface area contributed by atoms with E-state index in [0.29, 0.717) is 41.6 Å². The first-order chi connectivity index (χ1) is 13.5. The molecular formula is C21H20ClFN4O. The van der Waals surface area contributed by atoms with Crippen LogP contribution < -0.4 is 5.73 Å². The van der Waals surface area contributed by atoms with Crippen LogP contribution in [0.2, 0.25) is 5.02 Å². The van der Waals surface area contributed by atoms with E-state index in [0.717, 1.165) is 11.1 Å².